The Morgan fingerprint density at radius 1 is 1.26 bits per heavy atom. The van der Waals surface area contributed by atoms with Gasteiger partial charge < -0.3 is 4.79 Å². The topological polar surface area (TPSA) is 34.1 Å². The van der Waals surface area contributed by atoms with Crippen LogP contribution in [0.2, 0.25) is 0 Å². The zero-order valence-electron chi connectivity index (χ0n) is 11.4. The number of benzene rings is 1. The molecule has 1 spiro atoms. The van der Waals surface area contributed by atoms with Crippen molar-refractivity contribution in [3.8, 4) is 0 Å². The average Bonchev–Trinajstić information content (AvgIpc) is 2.63. The highest BCUT2D eigenvalue weighted by Crippen LogP contribution is 2.53. The van der Waals surface area contributed by atoms with Gasteiger partial charge in [0.25, 0.3) is 0 Å². The molecule has 1 atom stereocenters. The highest BCUT2D eigenvalue weighted by molar-refractivity contribution is 6.05. The second-order valence-electron chi connectivity index (χ2n) is 6.09. The molecule has 3 rings (SSSR count). The Morgan fingerprint density at radius 2 is 2.00 bits per heavy atom. The summed E-state index contributed by atoms with van der Waals surface area (Å²) in [6.45, 7) is 2.02. The van der Waals surface area contributed by atoms with Gasteiger partial charge in [0.1, 0.15) is 6.29 Å². The van der Waals surface area contributed by atoms with E-state index in [2.05, 4.69) is 12.1 Å². The minimum Gasteiger partial charge on any atom is -0.303 e. The van der Waals surface area contributed by atoms with Gasteiger partial charge in [-0.1, -0.05) is 37.0 Å². The average molecular weight is 256 g/mol. The van der Waals surface area contributed by atoms with E-state index in [1.54, 1.807) is 0 Å². The number of Topliss-reactive ketones (excluding diaryl/α,β-unsaturated/α-hetero) is 1. The summed E-state index contributed by atoms with van der Waals surface area (Å²) in [6, 6.07) is 6.25. The summed E-state index contributed by atoms with van der Waals surface area (Å²) in [4.78, 5) is 23.7. The zero-order valence-corrected chi connectivity index (χ0v) is 11.4. The van der Waals surface area contributed by atoms with E-state index in [0.29, 0.717) is 6.42 Å². The fraction of sp³-hybridized carbons (Fsp3) is 0.529. The molecule has 0 aromatic heterocycles. The summed E-state index contributed by atoms with van der Waals surface area (Å²) in [5, 5.41) is 0. The van der Waals surface area contributed by atoms with Crippen LogP contribution in [-0.2, 0) is 10.2 Å². The first-order chi connectivity index (χ1) is 9.19. The molecule has 1 saturated carbocycles. The molecule has 2 heteroatoms. The van der Waals surface area contributed by atoms with E-state index in [1.165, 1.54) is 24.8 Å². The fourth-order valence-corrected chi connectivity index (χ4v) is 4.15. The van der Waals surface area contributed by atoms with Crippen LogP contribution in [0, 0.1) is 12.8 Å². The summed E-state index contributed by atoms with van der Waals surface area (Å²) in [6.07, 6.45) is 7.04. The molecule has 0 aliphatic heterocycles. The van der Waals surface area contributed by atoms with Crippen molar-refractivity contribution in [3.05, 3.63) is 34.9 Å². The SMILES string of the molecule is Cc1ccc2c(c1)C(=O)[C@@H](CC=O)C21CCCCC1. The van der Waals surface area contributed by atoms with E-state index in [1.807, 2.05) is 13.0 Å². The van der Waals surface area contributed by atoms with Crippen LogP contribution in [0.4, 0.5) is 0 Å². The highest BCUT2D eigenvalue weighted by Gasteiger charge is 2.51. The van der Waals surface area contributed by atoms with E-state index >= 15 is 0 Å². The van der Waals surface area contributed by atoms with Crippen molar-refractivity contribution in [2.45, 2.75) is 50.9 Å². The predicted molar refractivity (Wildman–Crippen MR) is 74.4 cm³/mol. The smallest absolute Gasteiger partial charge is 0.167 e. The van der Waals surface area contributed by atoms with E-state index < -0.39 is 0 Å². The molecule has 0 N–H and O–H groups in total. The maximum atomic E-state index is 12.7. The van der Waals surface area contributed by atoms with Crippen molar-refractivity contribution in [1.29, 1.82) is 0 Å². The molecule has 0 radical (unpaired) electrons. The van der Waals surface area contributed by atoms with Crippen LogP contribution in [0.25, 0.3) is 0 Å². The van der Waals surface area contributed by atoms with Crippen molar-refractivity contribution in [1.82, 2.24) is 0 Å². The van der Waals surface area contributed by atoms with E-state index in [9.17, 15) is 9.59 Å². The van der Waals surface area contributed by atoms with Gasteiger partial charge in [-0.15, -0.1) is 0 Å². The van der Waals surface area contributed by atoms with Crippen LogP contribution in [0.15, 0.2) is 18.2 Å². The quantitative estimate of drug-likeness (QED) is 0.758. The molecule has 2 aliphatic carbocycles. The van der Waals surface area contributed by atoms with Crippen LogP contribution in [0.5, 0.6) is 0 Å². The van der Waals surface area contributed by atoms with Gasteiger partial charge in [0.15, 0.2) is 5.78 Å². The lowest BCUT2D eigenvalue weighted by atomic mass is 9.64. The van der Waals surface area contributed by atoms with Crippen molar-refractivity contribution in [3.63, 3.8) is 0 Å². The summed E-state index contributed by atoms with van der Waals surface area (Å²) >= 11 is 0. The highest BCUT2D eigenvalue weighted by atomic mass is 16.1. The number of rotatable bonds is 2. The Labute approximate surface area is 114 Å². The Balaban J connectivity index is 2.14. The van der Waals surface area contributed by atoms with Crippen molar-refractivity contribution in [2.24, 2.45) is 5.92 Å². The molecule has 19 heavy (non-hydrogen) atoms. The van der Waals surface area contributed by atoms with Gasteiger partial charge in [-0.25, -0.2) is 0 Å². The Hall–Kier alpha value is -1.44. The number of hydrogen-bond acceptors (Lipinski definition) is 2. The lowest BCUT2D eigenvalue weighted by molar-refractivity contribution is -0.108. The number of carbonyl (C=O) groups is 2. The number of carbonyl (C=O) groups excluding carboxylic acids is 2. The number of hydrogen-bond donors (Lipinski definition) is 0. The minimum absolute atomic E-state index is 0.0424. The molecule has 0 saturated heterocycles. The maximum absolute atomic E-state index is 12.7. The van der Waals surface area contributed by atoms with Crippen LogP contribution >= 0.6 is 0 Å². The van der Waals surface area contributed by atoms with Crippen LogP contribution in [0.1, 0.15) is 60.0 Å². The van der Waals surface area contributed by atoms with Gasteiger partial charge in [0.05, 0.1) is 0 Å². The Morgan fingerprint density at radius 3 is 2.68 bits per heavy atom. The first-order valence-electron chi connectivity index (χ1n) is 7.28. The van der Waals surface area contributed by atoms with Crippen LogP contribution < -0.4 is 0 Å². The second-order valence-corrected chi connectivity index (χ2v) is 6.09. The summed E-state index contributed by atoms with van der Waals surface area (Å²) in [5.74, 6) is 0.0924. The molecular weight excluding hydrogens is 236 g/mol. The van der Waals surface area contributed by atoms with Crippen molar-refractivity contribution in [2.75, 3.05) is 0 Å². The second kappa shape index (κ2) is 4.59. The van der Waals surface area contributed by atoms with Crippen LogP contribution in [-0.4, -0.2) is 12.1 Å². The largest absolute Gasteiger partial charge is 0.303 e. The molecule has 0 unspecified atom stereocenters. The normalized spacial score (nSPS) is 24.5. The predicted octanol–water partition coefficient (Wildman–Crippen LogP) is 3.60. The zero-order chi connectivity index (χ0) is 13.5. The lowest BCUT2D eigenvalue weighted by Crippen LogP contribution is -2.36. The third kappa shape index (κ3) is 1.77. The number of aryl methyl sites for hydroxylation is 1. The molecular formula is C17H20O2. The lowest BCUT2D eigenvalue weighted by Gasteiger charge is -2.38. The first-order valence-corrected chi connectivity index (χ1v) is 7.28. The van der Waals surface area contributed by atoms with Gasteiger partial charge in [0, 0.05) is 23.3 Å². The third-order valence-electron chi connectivity index (χ3n) is 5.04. The molecule has 1 aromatic carbocycles. The molecule has 2 nitrogen and oxygen atoms in total. The monoisotopic (exact) mass is 256 g/mol. The van der Waals surface area contributed by atoms with E-state index in [0.717, 1.165) is 30.3 Å². The molecule has 2 aliphatic rings. The molecule has 0 bridgehead atoms. The van der Waals surface area contributed by atoms with Gasteiger partial charge in [-0.2, -0.15) is 0 Å². The van der Waals surface area contributed by atoms with Gasteiger partial charge in [-0.05, 0) is 31.4 Å². The van der Waals surface area contributed by atoms with Crippen LogP contribution in [0.3, 0.4) is 0 Å². The number of fused-ring (bicyclic) bond motifs is 2. The summed E-state index contributed by atoms with van der Waals surface area (Å²) in [5.41, 5.74) is 3.19. The molecule has 100 valence electrons. The first kappa shape index (κ1) is 12.6. The Bertz CT molecular complexity index is 524. The van der Waals surface area contributed by atoms with Gasteiger partial charge in [-0.3, -0.25) is 4.79 Å². The number of ketones is 1. The number of aldehydes is 1. The maximum Gasteiger partial charge on any atom is 0.167 e. The van der Waals surface area contributed by atoms with E-state index in [-0.39, 0.29) is 17.1 Å². The van der Waals surface area contributed by atoms with Crippen molar-refractivity contribution >= 4 is 12.1 Å². The Kier molecular flexibility index (Phi) is 3.04. The minimum atomic E-state index is -0.109. The molecule has 0 amide bonds. The standard InChI is InChI=1S/C17H20O2/c1-12-5-6-14-13(11-12)16(19)15(7-10-18)17(14)8-3-2-4-9-17/h5-6,10-11,15H,2-4,7-9H2,1H3/t15-/m1/s1. The molecule has 1 aromatic rings. The molecule has 0 heterocycles. The summed E-state index contributed by atoms with van der Waals surface area (Å²) in [7, 11) is 0. The van der Waals surface area contributed by atoms with E-state index in [4.69, 9.17) is 0 Å². The molecule has 1 fully saturated rings. The van der Waals surface area contributed by atoms with Gasteiger partial charge in [0.2, 0.25) is 0 Å². The summed E-state index contributed by atoms with van der Waals surface area (Å²) < 4.78 is 0. The van der Waals surface area contributed by atoms with Gasteiger partial charge >= 0.3 is 0 Å². The third-order valence-corrected chi connectivity index (χ3v) is 5.04. The fourth-order valence-electron chi connectivity index (χ4n) is 4.15. The van der Waals surface area contributed by atoms with Crippen molar-refractivity contribution < 1.29 is 9.59 Å².